The van der Waals surface area contributed by atoms with Gasteiger partial charge in [0, 0.05) is 13.0 Å². The van der Waals surface area contributed by atoms with E-state index in [1.54, 1.807) is 0 Å². The molecule has 1 nitrogen and oxygen atoms in total. The molecule has 0 aliphatic rings. The molecule has 0 aromatic rings. The Balaban J connectivity index is 4.40. The van der Waals surface area contributed by atoms with E-state index in [1.807, 2.05) is 0 Å². The van der Waals surface area contributed by atoms with Crippen LogP contribution in [-0.4, -0.2) is 18.9 Å². The fraction of sp³-hybridized carbons (Fsp3) is 0.833. The Hall–Kier alpha value is -0.540. The highest BCUT2D eigenvalue weighted by Gasteiger charge is 2.36. The van der Waals surface area contributed by atoms with Gasteiger partial charge in [-0.3, -0.25) is 4.99 Å². The highest BCUT2D eigenvalue weighted by molar-refractivity contribution is 5.91. The van der Waals surface area contributed by atoms with Crippen LogP contribution in [0.2, 0.25) is 0 Å². The summed E-state index contributed by atoms with van der Waals surface area (Å²) in [5.41, 5.74) is -0.701. The molecule has 0 radical (unpaired) electrons. The Morgan fingerprint density at radius 3 is 1.70 bits per heavy atom. The summed E-state index contributed by atoms with van der Waals surface area (Å²) in [6.07, 6.45) is -4.26. The molecule has 0 saturated carbocycles. The zero-order valence-corrected chi connectivity index (χ0v) is 6.16. The van der Waals surface area contributed by atoms with Crippen molar-refractivity contribution in [2.45, 2.75) is 20.0 Å². The van der Waals surface area contributed by atoms with E-state index in [9.17, 15) is 13.2 Å². The van der Waals surface area contributed by atoms with E-state index < -0.39 is 17.8 Å². The van der Waals surface area contributed by atoms with E-state index in [-0.39, 0.29) is 0 Å². The third-order valence-corrected chi connectivity index (χ3v) is 1.08. The van der Waals surface area contributed by atoms with Gasteiger partial charge < -0.3 is 0 Å². The van der Waals surface area contributed by atoms with Crippen LogP contribution in [0, 0.1) is 5.92 Å². The molecule has 0 fully saturated rings. The first-order valence-corrected chi connectivity index (χ1v) is 2.93. The van der Waals surface area contributed by atoms with Gasteiger partial charge in [-0.15, -0.1) is 0 Å². The molecule has 0 aromatic heterocycles. The molecule has 0 N–H and O–H groups in total. The largest absolute Gasteiger partial charge is 0.429 e. The maximum atomic E-state index is 11.8. The first-order chi connectivity index (χ1) is 4.39. The van der Waals surface area contributed by atoms with Crippen LogP contribution in [0.5, 0.6) is 0 Å². The lowest BCUT2D eigenvalue weighted by molar-refractivity contribution is -0.0623. The number of aliphatic imine (C=N–C) groups is 1. The summed E-state index contributed by atoms with van der Waals surface area (Å²) in [6.45, 7) is 2.94. The number of alkyl halides is 3. The van der Waals surface area contributed by atoms with Crippen molar-refractivity contribution >= 4 is 5.71 Å². The van der Waals surface area contributed by atoms with Crippen molar-refractivity contribution in [1.29, 1.82) is 0 Å². The van der Waals surface area contributed by atoms with Gasteiger partial charge in [0.1, 0.15) is 5.71 Å². The first kappa shape index (κ1) is 9.46. The Morgan fingerprint density at radius 1 is 1.30 bits per heavy atom. The topological polar surface area (TPSA) is 12.4 Å². The summed E-state index contributed by atoms with van der Waals surface area (Å²) in [6, 6.07) is 0. The molecule has 0 bridgehead atoms. The summed E-state index contributed by atoms with van der Waals surface area (Å²) >= 11 is 0. The Kier molecular flexibility index (Phi) is 2.87. The molecule has 0 saturated heterocycles. The average molecular weight is 153 g/mol. The molecule has 0 aliphatic heterocycles. The van der Waals surface area contributed by atoms with E-state index in [4.69, 9.17) is 0 Å². The second-order valence-electron chi connectivity index (χ2n) is 2.26. The van der Waals surface area contributed by atoms with Crippen molar-refractivity contribution in [2.24, 2.45) is 10.9 Å². The molecule has 0 spiro atoms. The molecular formula is C6H10F3N. The van der Waals surface area contributed by atoms with E-state index in [1.165, 1.54) is 13.8 Å². The Morgan fingerprint density at radius 2 is 1.70 bits per heavy atom. The van der Waals surface area contributed by atoms with Crippen LogP contribution in [0.25, 0.3) is 0 Å². The summed E-state index contributed by atoms with van der Waals surface area (Å²) in [4.78, 5) is 3.15. The SMILES string of the molecule is CN=C(C(C)C)C(F)(F)F. The summed E-state index contributed by atoms with van der Waals surface area (Å²) < 4.78 is 35.5. The molecule has 0 unspecified atom stereocenters. The molecule has 0 aromatic carbocycles. The Bertz CT molecular complexity index is 134. The second kappa shape index (κ2) is 3.03. The smallest absolute Gasteiger partial charge is 0.288 e. The fourth-order valence-corrected chi connectivity index (χ4v) is 0.712. The van der Waals surface area contributed by atoms with Gasteiger partial charge in [-0.05, 0) is 0 Å². The molecular weight excluding hydrogens is 143 g/mol. The zero-order valence-electron chi connectivity index (χ0n) is 6.16. The highest BCUT2D eigenvalue weighted by Crippen LogP contribution is 2.21. The van der Waals surface area contributed by atoms with Crippen LogP contribution in [-0.2, 0) is 0 Å². The molecule has 0 heterocycles. The average Bonchev–Trinajstić information content (AvgIpc) is 1.60. The molecule has 0 rings (SSSR count). The summed E-state index contributed by atoms with van der Waals surface area (Å²) in [5.74, 6) is -0.551. The minimum absolute atomic E-state index is 0.551. The molecule has 0 aliphatic carbocycles. The van der Waals surface area contributed by atoms with Crippen LogP contribution >= 0.6 is 0 Å². The van der Waals surface area contributed by atoms with Crippen molar-refractivity contribution in [1.82, 2.24) is 0 Å². The van der Waals surface area contributed by atoms with Gasteiger partial charge in [0.2, 0.25) is 0 Å². The molecule has 0 atom stereocenters. The third kappa shape index (κ3) is 2.37. The van der Waals surface area contributed by atoms with Gasteiger partial charge in [-0.2, -0.15) is 13.2 Å². The fourth-order valence-electron chi connectivity index (χ4n) is 0.712. The van der Waals surface area contributed by atoms with Gasteiger partial charge in [0.15, 0.2) is 0 Å². The predicted molar refractivity (Wildman–Crippen MR) is 34.3 cm³/mol. The standard InChI is InChI=1S/C6H10F3N/c1-4(2)5(10-3)6(7,8)9/h4H,1-3H3. The predicted octanol–water partition coefficient (Wildman–Crippen LogP) is 2.28. The van der Waals surface area contributed by atoms with Crippen molar-refractivity contribution in [2.75, 3.05) is 7.05 Å². The number of nitrogens with zero attached hydrogens (tertiary/aromatic N) is 1. The van der Waals surface area contributed by atoms with Crippen molar-refractivity contribution in [3.8, 4) is 0 Å². The zero-order chi connectivity index (χ0) is 8.36. The van der Waals surface area contributed by atoms with Gasteiger partial charge in [0.25, 0.3) is 0 Å². The van der Waals surface area contributed by atoms with Gasteiger partial charge in [0.05, 0.1) is 0 Å². The van der Waals surface area contributed by atoms with Gasteiger partial charge >= 0.3 is 6.18 Å². The lowest BCUT2D eigenvalue weighted by Crippen LogP contribution is -2.27. The van der Waals surface area contributed by atoms with Crippen molar-refractivity contribution in [3.05, 3.63) is 0 Å². The highest BCUT2D eigenvalue weighted by atomic mass is 19.4. The normalized spacial score (nSPS) is 14.5. The number of hydrogen-bond donors (Lipinski definition) is 0. The number of hydrogen-bond acceptors (Lipinski definition) is 1. The summed E-state index contributed by atoms with van der Waals surface area (Å²) in [5, 5.41) is 0. The number of halogens is 3. The monoisotopic (exact) mass is 153 g/mol. The lowest BCUT2D eigenvalue weighted by Gasteiger charge is -2.11. The van der Waals surface area contributed by atoms with Crippen LogP contribution < -0.4 is 0 Å². The van der Waals surface area contributed by atoms with Crippen LogP contribution in [0.3, 0.4) is 0 Å². The minimum atomic E-state index is -4.26. The van der Waals surface area contributed by atoms with Crippen molar-refractivity contribution < 1.29 is 13.2 Å². The van der Waals surface area contributed by atoms with Gasteiger partial charge in [-0.25, -0.2) is 0 Å². The van der Waals surface area contributed by atoms with Crippen LogP contribution in [0.15, 0.2) is 4.99 Å². The van der Waals surface area contributed by atoms with E-state index in [2.05, 4.69) is 4.99 Å². The van der Waals surface area contributed by atoms with E-state index >= 15 is 0 Å². The minimum Gasteiger partial charge on any atom is -0.288 e. The maximum absolute atomic E-state index is 11.8. The lowest BCUT2D eigenvalue weighted by atomic mass is 10.1. The van der Waals surface area contributed by atoms with Crippen LogP contribution in [0.1, 0.15) is 13.8 Å². The quantitative estimate of drug-likeness (QED) is 0.512. The van der Waals surface area contributed by atoms with Gasteiger partial charge in [-0.1, -0.05) is 13.8 Å². The molecule has 0 amide bonds. The number of rotatable bonds is 1. The molecule has 10 heavy (non-hydrogen) atoms. The second-order valence-corrected chi connectivity index (χ2v) is 2.26. The first-order valence-electron chi connectivity index (χ1n) is 2.93. The Labute approximate surface area is 58.0 Å². The van der Waals surface area contributed by atoms with E-state index in [0.29, 0.717) is 0 Å². The van der Waals surface area contributed by atoms with Crippen LogP contribution in [0.4, 0.5) is 13.2 Å². The molecule has 4 heteroatoms. The maximum Gasteiger partial charge on any atom is 0.429 e. The summed E-state index contributed by atoms with van der Waals surface area (Å²) in [7, 11) is 1.16. The van der Waals surface area contributed by atoms with E-state index in [0.717, 1.165) is 7.05 Å². The molecule has 60 valence electrons. The third-order valence-electron chi connectivity index (χ3n) is 1.08. The van der Waals surface area contributed by atoms with Crippen molar-refractivity contribution in [3.63, 3.8) is 0 Å².